The monoisotopic (exact) mass is 488 g/mol. The van der Waals surface area contributed by atoms with Gasteiger partial charge < -0.3 is 0 Å². The average Bonchev–Trinajstić information content (AvgIpc) is 3.35. The predicted molar refractivity (Wildman–Crippen MR) is 106 cm³/mol. The normalized spacial score (nSPS) is 16.9. The molecule has 0 spiro atoms. The van der Waals surface area contributed by atoms with E-state index in [1.54, 1.807) is 7.05 Å². The summed E-state index contributed by atoms with van der Waals surface area (Å²) >= 11 is 0. The fraction of sp³-hybridized carbons (Fsp3) is 0.235. The number of benzene rings is 1. The first-order chi connectivity index (χ1) is 15.5. The Kier molecular flexibility index (Phi) is 5.99. The molecule has 16 heteroatoms. The Morgan fingerprint density at radius 3 is 2.61 bits per heavy atom. The van der Waals surface area contributed by atoms with Crippen LogP contribution in [0.3, 0.4) is 0 Å². The molecule has 0 unspecified atom stereocenters. The van der Waals surface area contributed by atoms with Gasteiger partial charge in [0.25, 0.3) is 0 Å². The number of halogens is 3. The molecule has 1 saturated heterocycles. The van der Waals surface area contributed by atoms with Crippen LogP contribution in [0.5, 0.6) is 0 Å². The van der Waals surface area contributed by atoms with Gasteiger partial charge in [-0.15, -0.1) is 10.2 Å². The van der Waals surface area contributed by atoms with Gasteiger partial charge in [-0.05, 0) is 5.21 Å². The summed E-state index contributed by atoms with van der Waals surface area (Å²) in [6, 6.07) is 3.30. The fourth-order valence-electron chi connectivity index (χ4n) is 3.11. The molecule has 1 aliphatic heterocycles. The first-order valence-corrected chi connectivity index (χ1v) is 11.0. The van der Waals surface area contributed by atoms with E-state index >= 15 is 0 Å². The van der Waals surface area contributed by atoms with E-state index in [4.69, 9.17) is 19.4 Å². The van der Waals surface area contributed by atoms with Gasteiger partial charge in [-0.2, -0.15) is 4.80 Å². The Morgan fingerprint density at radius 1 is 1.24 bits per heavy atom. The molecule has 4 rings (SSSR count). The molecule has 176 valence electrons. The number of rotatable bonds is 6. The zero-order valence-corrected chi connectivity index (χ0v) is 17.7. The molecule has 1 fully saturated rings. The van der Waals surface area contributed by atoms with Crippen LogP contribution in [-0.4, -0.2) is 65.2 Å². The minimum Gasteiger partial charge on any atom is -0.130 e. The fourth-order valence-corrected chi connectivity index (χ4v) is 3.52. The van der Waals surface area contributed by atoms with E-state index in [-0.39, 0.29) is 17.1 Å². The molecule has 33 heavy (non-hydrogen) atoms. The second-order valence-corrected chi connectivity index (χ2v) is 8.35. The summed E-state index contributed by atoms with van der Waals surface area (Å²) in [5.41, 5.74) is -1.23. The van der Waals surface area contributed by atoms with Crippen molar-refractivity contribution in [2.75, 3.05) is 18.1 Å². The summed E-state index contributed by atoms with van der Waals surface area (Å²) in [7, 11) is -3.32. The number of aryl methyl sites for hydroxylation is 1. The Balaban J connectivity index is 1.60. The number of tetrazole rings is 1. The third-order valence-electron chi connectivity index (χ3n) is 4.56. The molecule has 1 atom stereocenters. The molecule has 1 aromatic carbocycles. The van der Waals surface area contributed by atoms with Crippen molar-refractivity contribution in [3.05, 3.63) is 41.8 Å². The molecular weight excluding hydrogens is 472 g/mol. The van der Waals surface area contributed by atoms with Crippen LogP contribution in [0.4, 0.5) is 23.7 Å². The summed E-state index contributed by atoms with van der Waals surface area (Å²) in [5, 5.41) is 11.4. The summed E-state index contributed by atoms with van der Waals surface area (Å²) < 4.78 is 53.7. The molecule has 0 aliphatic carbocycles. The number of hydrogen-bond donors (Lipinski definition) is 3. The summed E-state index contributed by atoms with van der Waals surface area (Å²) in [4.78, 5) is 44.5. The van der Waals surface area contributed by atoms with Crippen molar-refractivity contribution < 1.29 is 41.9 Å². The summed E-state index contributed by atoms with van der Waals surface area (Å²) in [5.74, 6) is -4.06. The molecule has 1 amide bonds. The topological polar surface area (TPSA) is 156 Å². The second kappa shape index (κ2) is 8.61. The number of anilines is 1. The van der Waals surface area contributed by atoms with Crippen molar-refractivity contribution >= 4 is 20.0 Å². The zero-order valence-electron chi connectivity index (χ0n) is 16.7. The number of cyclic esters (lactones) is 1. The van der Waals surface area contributed by atoms with Gasteiger partial charge in [-0.3, -0.25) is 0 Å². The van der Waals surface area contributed by atoms with E-state index in [0.717, 1.165) is 6.20 Å². The number of pyridine rings is 1. The molecule has 0 saturated carbocycles. The predicted octanol–water partition coefficient (Wildman–Crippen LogP) is 1.08. The molecule has 3 aromatic rings. The van der Waals surface area contributed by atoms with Gasteiger partial charge in [-0.25, -0.2) is 0 Å². The van der Waals surface area contributed by atoms with Gasteiger partial charge in [0.2, 0.25) is 5.82 Å². The van der Waals surface area contributed by atoms with Gasteiger partial charge in [-0.1, -0.05) is 0 Å². The average molecular weight is 488 g/mol. The van der Waals surface area contributed by atoms with Gasteiger partial charge in [0.1, 0.15) is 5.69 Å². The molecule has 3 N–H and O–H groups in total. The van der Waals surface area contributed by atoms with E-state index in [0.29, 0.717) is 11.0 Å². The summed E-state index contributed by atoms with van der Waals surface area (Å²) in [6.45, 7) is -1.04. The van der Waals surface area contributed by atoms with Crippen LogP contribution in [0.25, 0.3) is 22.6 Å². The maximum absolute atomic E-state index is 14.8. The molecule has 3 heterocycles. The maximum atomic E-state index is 14.8. The van der Waals surface area contributed by atoms with Crippen molar-refractivity contribution in [1.82, 2.24) is 25.2 Å². The van der Waals surface area contributed by atoms with Crippen molar-refractivity contribution in [3.8, 4) is 22.6 Å². The van der Waals surface area contributed by atoms with Crippen LogP contribution >= 0.6 is 8.17 Å². The van der Waals surface area contributed by atoms with Crippen LogP contribution in [0.2, 0.25) is 0 Å². The Morgan fingerprint density at radius 2 is 2.00 bits per heavy atom. The molecule has 1 aliphatic rings. The van der Waals surface area contributed by atoms with Crippen LogP contribution in [0, 0.1) is 17.5 Å². The van der Waals surface area contributed by atoms with E-state index < -0.39 is 62.2 Å². The number of ether oxygens (including phenoxy) is 1. The third-order valence-corrected chi connectivity index (χ3v) is 5.11. The molecule has 0 radical (unpaired) electrons. The van der Waals surface area contributed by atoms with Crippen LogP contribution in [0.15, 0.2) is 24.4 Å². The number of carbonyl (C=O) groups excluding carboxylic acids is 1. The summed E-state index contributed by atoms with van der Waals surface area (Å²) in [6.07, 6.45) is -1.18. The molecule has 0 bridgehead atoms. The quantitative estimate of drug-likeness (QED) is 0.339. The van der Waals surface area contributed by atoms with Gasteiger partial charge in [0.15, 0.2) is 0 Å². The number of aromatic nitrogens is 5. The number of amides is 1. The first kappa shape index (κ1) is 22.9. The van der Waals surface area contributed by atoms with E-state index in [2.05, 4.69) is 24.9 Å². The Labute approximate surface area is 183 Å². The second-order valence-electron chi connectivity index (χ2n) is 6.92. The van der Waals surface area contributed by atoms with Crippen LogP contribution in [-0.2, 0) is 16.3 Å². The van der Waals surface area contributed by atoms with E-state index in [1.165, 1.54) is 16.9 Å². The molecule has 12 nitrogen and oxygen atoms in total. The number of hydrogen-bond acceptors (Lipinski definition) is 10. The number of carbonyl (C=O) groups is 1. The Hall–Kier alpha value is -3.23. The minimum atomic E-state index is -4.87. The van der Waals surface area contributed by atoms with Crippen molar-refractivity contribution in [3.63, 3.8) is 0 Å². The van der Waals surface area contributed by atoms with Gasteiger partial charge in [0.05, 0.1) is 7.05 Å². The van der Waals surface area contributed by atoms with Crippen molar-refractivity contribution in [2.24, 2.45) is 7.05 Å². The first-order valence-electron chi connectivity index (χ1n) is 9.21. The van der Waals surface area contributed by atoms with Crippen molar-refractivity contribution in [1.29, 1.82) is 0 Å². The van der Waals surface area contributed by atoms with Crippen molar-refractivity contribution in [2.45, 2.75) is 6.10 Å². The van der Waals surface area contributed by atoms with Crippen LogP contribution in [0.1, 0.15) is 0 Å². The Bertz CT molecular complexity index is 1210. The standard InChI is InChI=1S/C17H16F3N6O6P/c1-25-23-16(22-24-25)11-3-2-8(5-21-11)13-10(18)4-12(14(19)15(13)20)26-6-9(32-17(26)27)7-31-33(28,29)30/h2-5,9,28-30,33H,6-7H2,1H3/t9-/m1/s1. The molecular formula is C17H16F3N6O6P. The van der Waals surface area contributed by atoms with Crippen LogP contribution < -0.4 is 4.90 Å². The van der Waals surface area contributed by atoms with Gasteiger partial charge >= 0.3 is 144 Å². The van der Waals surface area contributed by atoms with E-state index in [9.17, 15) is 18.0 Å². The number of nitrogens with zero attached hydrogens (tertiary/aromatic N) is 6. The van der Waals surface area contributed by atoms with Gasteiger partial charge in [0, 0.05) is 0 Å². The minimum absolute atomic E-state index is 0.0755. The van der Waals surface area contributed by atoms with E-state index in [1.807, 2.05) is 0 Å². The molecule has 2 aromatic heterocycles. The smallest absolute Gasteiger partial charge is 0.130 e. The SMILES string of the molecule is Cn1nnc(-c2ccc(-c3c(F)cc(N4C[C@H](CO[PH](O)(O)O)OC4=O)c(F)c3F)cn2)n1. The third kappa shape index (κ3) is 4.77. The zero-order chi connectivity index (χ0) is 23.9.